The maximum Gasteiger partial charge on any atom is 0.307 e. The normalized spacial score (nSPS) is 27.2. The second-order valence-corrected chi connectivity index (χ2v) is 21.3. The molecule has 0 spiro atoms. The standard InChI is InChI=1S/C54H95NO5/c1-8-10-12-14-15-19-26-45(25-18-13-11-9-2)59-51(57)27-20-16-17-21-37-55(39-40-56)38-34-52(58)60-46-32-35-53(6)44(41-46)28-29-47-49-31-30-48(43(5)24-22-23-42(3)4)54(49,7)36-33-50(47)53/h28-29,42-43,45-46,48-50,56H,8-27,30-41H2,1-7H3. The Balaban J connectivity index is 1.15. The lowest BCUT2D eigenvalue weighted by Gasteiger charge is -2.55. The van der Waals surface area contributed by atoms with Crippen LogP contribution in [0.3, 0.4) is 0 Å². The predicted octanol–water partition coefficient (Wildman–Crippen LogP) is 14.1. The summed E-state index contributed by atoms with van der Waals surface area (Å²) in [5.74, 6) is 3.71. The molecular formula is C54H95NO5. The van der Waals surface area contributed by atoms with E-state index < -0.39 is 0 Å². The summed E-state index contributed by atoms with van der Waals surface area (Å²) in [6.07, 6.45) is 36.7. The topological polar surface area (TPSA) is 76.1 Å². The zero-order valence-corrected chi connectivity index (χ0v) is 40.4. The SMILES string of the molecule is CCCCCCCCC(CCCCCC)OC(=O)CCCCCCN(CCO)CCC(=O)OC1CCC2(C)C(=CC=C3C2CCC2(C)C3CCC2C(C)CCCC(C)C)C1. The molecule has 0 radical (unpaired) electrons. The van der Waals surface area contributed by atoms with Gasteiger partial charge in [0.05, 0.1) is 13.0 Å². The van der Waals surface area contributed by atoms with Gasteiger partial charge < -0.3 is 19.5 Å². The number of nitrogens with zero attached hydrogens (tertiary/aromatic N) is 1. The van der Waals surface area contributed by atoms with Gasteiger partial charge in [-0.1, -0.05) is 155 Å². The number of unbranched alkanes of at least 4 members (excludes halogenated alkanes) is 11. The molecule has 3 saturated carbocycles. The lowest BCUT2D eigenvalue weighted by Crippen LogP contribution is -2.47. The summed E-state index contributed by atoms with van der Waals surface area (Å²) in [7, 11) is 0. The molecule has 0 aromatic heterocycles. The number of hydrogen-bond acceptors (Lipinski definition) is 6. The van der Waals surface area contributed by atoms with Crippen LogP contribution in [0.2, 0.25) is 0 Å². The molecule has 4 rings (SSSR count). The third-order valence-corrected chi connectivity index (χ3v) is 16.2. The van der Waals surface area contributed by atoms with E-state index in [4.69, 9.17) is 9.47 Å². The Kier molecular flexibility index (Phi) is 22.8. The second kappa shape index (κ2) is 26.8. The maximum absolute atomic E-state index is 13.2. The summed E-state index contributed by atoms with van der Waals surface area (Å²) in [6.45, 7) is 19.1. The number of allylic oxidation sites excluding steroid dienone is 3. The lowest BCUT2D eigenvalue weighted by atomic mass is 9.50. The Bertz CT molecular complexity index is 1310. The molecule has 0 heterocycles. The summed E-state index contributed by atoms with van der Waals surface area (Å²) in [6, 6.07) is 0. The molecular weight excluding hydrogens is 743 g/mol. The van der Waals surface area contributed by atoms with Crippen molar-refractivity contribution < 1.29 is 24.2 Å². The van der Waals surface area contributed by atoms with E-state index in [0.29, 0.717) is 37.3 Å². The minimum Gasteiger partial charge on any atom is -0.462 e. The van der Waals surface area contributed by atoms with E-state index in [1.165, 1.54) is 102 Å². The van der Waals surface area contributed by atoms with E-state index in [-0.39, 0.29) is 36.2 Å². The highest BCUT2D eigenvalue weighted by molar-refractivity contribution is 5.70. The molecule has 3 fully saturated rings. The third kappa shape index (κ3) is 15.5. The Morgan fingerprint density at radius 1 is 0.700 bits per heavy atom. The average Bonchev–Trinajstić information content (AvgIpc) is 3.58. The van der Waals surface area contributed by atoms with Gasteiger partial charge in [0.1, 0.15) is 12.2 Å². The number of carbonyl (C=O) groups excluding carboxylic acids is 2. The van der Waals surface area contributed by atoms with E-state index in [0.717, 1.165) is 101 Å². The first-order valence-corrected chi connectivity index (χ1v) is 26.1. The monoisotopic (exact) mass is 838 g/mol. The Morgan fingerprint density at radius 3 is 2.10 bits per heavy atom. The summed E-state index contributed by atoms with van der Waals surface area (Å²) in [5.41, 5.74) is 3.89. The van der Waals surface area contributed by atoms with Gasteiger partial charge in [-0.25, -0.2) is 0 Å². The van der Waals surface area contributed by atoms with Gasteiger partial charge in [0.15, 0.2) is 0 Å². The van der Waals surface area contributed by atoms with Gasteiger partial charge in [-0.3, -0.25) is 9.59 Å². The molecule has 4 aliphatic rings. The molecule has 0 aromatic rings. The maximum atomic E-state index is 13.2. The number of hydrogen-bond donors (Lipinski definition) is 1. The van der Waals surface area contributed by atoms with Gasteiger partial charge in [-0.15, -0.1) is 0 Å². The molecule has 0 aromatic carbocycles. The van der Waals surface area contributed by atoms with Crippen LogP contribution in [-0.2, 0) is 19.1 Å². The summed E-state index contributed by atoms with van der Waals surface area (Å²) in [4.78, 5) is 28.2. The summed E-state index contributed by atoms with van der Waals surface area (Å²) < 4.78 is 12.2. The quantitative estimate of drug-likeness (QED) is 0.0554. The zero-order valence-electron chi connectivity index (χ0n) is 40.4. The van der Waals surface area contributed by atoms with Crippen molar-refractivity contribution in [1.29, 1.82) is 0 Å². The third-order valence-electron chi connectivity index (χ3n) is 16.2. The minimum absolute atomic E-state index is 0.0259. The van der Waals surface area contributed by atoms with Crippen LogP contribution in [0.15, 0.2) is 23.3 Å². The van der Waals surface area contributed by atoms with Crippen molar-refractivity contribution in [3.05, 3.63) is 23.3 Å². The van der Waals surface area contributed by atoms with Crippen molar-refractivity contribution in [2.24, 2.45) is 40.4 Å². The molecule has 0 aliphatic heterocycles. The van der Waals surface area contributed by atoms with E-state index in [2.05, 4.69) is 65.5 Å². The van der Waals surface area contributed by atoms with Crippen LogP contribution in [-0.4, -0.2) is 60.4 Å². The molecule has 0 amide bonds. The number of fused-ring (bicyclic) bond motifs is 5. The van der Waals surface area contributed by atoms with Crippen molar-refractivity contribution in [2.45, 2.75) is 240 Å². The molecule has 6 heteroatoms. The average molecular weight is 838 g/mol. The van der Waals surface area contributed by atoms with E-state index in [1.807, 2.05) is 0 Å². The van der Waals surface area contributed by atoms with E-state index in [9.17, 15) is 14.7 Å². The Morgan fingerprint density at radius 2 is 1.38 bits per heavy atom. The number of rotatable bonds is 31. The van der Waals surface area contributed by atoms with Gasteiger partial charge >= 0.3 is 11.9 Å². The van der Waals surface area contributed by atoms with Crippen molar-refractivity contribution >= 4 is 11.9 Å². The highest BCUT2D eigenvalue weighted by Gasteiger charge is 2.57. The molecule has 4 aliphatic carbocycles. The number of aliphatic hydroxyl groups is 1. The fourth-order valence-corrected chi connectivity index (χ4v) is 12.5. The first kappa shape index (κ1) is 51.0. The molecule has 0 saturated heterocycles. The second-order valence-electron chi connectivity index (χ2n) is 21.3. The first-order chi connectivity index (χ1) is 28.9. The van der Waals surface area contributed by atoms with Crippen molar-refractivity contribution in [3.8, 4) is 0 Å². The highest BCUT2D eigenvalue weighted by Crippen LogP contribution is 2.66. The van der Waals surface area contributed by atoms with Crippen LogP contribution in [0.25, 0.3) is 0 Å². The van der Waals surface area contributed by atoms with Crippen molar-refractivity contribution in [1.82, 2.24) is 4.90 Å². The molecule has 60 heavy (non-hydrogen) atoms. The zero-order chi connectivity index (χ0) is 43.4. The Hall–Kier alpha value is -1.66. The summed E-state index contributed by atoms with van der Waals surface area (Å²) >= 11 is 0. The van der Waals surface area contributed by atoms with Crippen LogP contribution in [0.4, 0.5) is 0 Å². The summed E-state index contributed by atoms with van der Waals surface area (Å²) in [5, 5.41) is 9.77. The molecule has 0 bridgehead atoms. The van der Waals surface area contributed by atoms with Crippen LogP contribution in [0, 0.1) is 40.4 Å². The fourth-order valence-electron chi connectivity index (χ4n) is 12.5. The first-order valence-electron chi connectivity index (χ1n) is 26.1. The van der Waals surface area contributed by atoms with Crippen molar-refractivity contribution in [2.75, 3.05) is 26.2 Å². The molecule has 8 unspecified atom stereocenters. The van der Waals surface area contributed by atoms with Crippen LogP contribution >= 0.6 is 0 Å². The van der Waals surface area contributed by atoms with Gasteiger partial charge in [0.25, 0.3) is 0 Å². The van der Waals surface area contributed by atoms with Crippen molar-refractivity contribution in [3.63, 3.8) is 0 Å². The molecule has 346 valence electrons. The predicted molar refractivity (Wildman–Crippen MR) is 251 cm³/mol. The number of carbonyl (C=O) groups is 2. The van der Waals surface area contributed by atoms with Gasteiger partial charge in [-0.2, -0.15) is 0 Å². The number of esters is 2. The van der Waals surface area contributed by atoms with E-state index in [1.54, 1.807) is 5.57 Å². The number of ether oxygens (including phenoxy) is 2. The molecule has 6 nitrogen and oxygen atoms in total. The highest BCUT2D eigenvalue weighted by atomic mass is 16.5. The lowest BCUT2D eigenvalue weighted by molar-refractivity contribution is -0.151. The van der Waals surface area contributed by atoms with Gasteiger partial charge in [0, 0.05) is 25.9 Å². The fraction of sp³-hybridized carbons (Fsp3) is 0.889. The largest absolute Gasteiger partial charge is 0.462 e. The van der Waals surface area contributed by atoms with Crippen LogP contribution in [0.5, 0.6) is 0 Å². The van der Waals surface area contributed by atoms with Gasteiger partial charge in [-0.05, 0) is 124 Å². The molecule has 1 N–H and O–H groups in total. The van der Waals surface area contributed by atoms with E-state index >= 15 is 0 Å². The van der Waals surface area contributed by atoms with Gasteiger partial charge in [0.2, 0.25) is 0 Å². The number of aliphatic hydroxyl groups excluding tert-OH is 1. The minimum atomic E-state index is -0.106. The molecule has 8 atom stereocenters. The Labute approximate surface area is 370 Å². The van der Waals surface area contributed by atoms with Crippen LogP contribution < -0.4 is 0 Å². The smallest absolute Gasteiger partial charge is 0.307 e. The van der Waals surface area contributed by atoms with Crippen LogP contribution in [0.1, 0.15) is 228 Å².